The van der Waals surface area contributed by atoms with Gasteiger partial charge in [-0.3, -0.25) is 4.79 Å². The van der Waals surface area contributed by atoms with Crippen molar-refractivity contribution in [3.63, 3.8) is 0 Å². The average molecular weight is 206 g/mol. The van der Waals surface area contributed by atoms with Crippen molar-refractivity contribution in [3.05, 3.63) is 35.9 Å². The highest BCUT2D eigenvalue weighted by Gasteiger charge is 2.24. The number of benzene rings is 1. The normalized spacial score (nSPS) is 14.6. The molecule has 15 heavy (non-hydrogen) atoms. The number of carbonyl (C=O) groups excluding carboxylic acids is 1. The van der Waals surface area contributed by atoms with Crippen LogP contribution in [0.4, 0.5) is 0 Å². The van der Waals surface area contributed by atoms with Crippen LogP contribution in [0, 0.1) is 0 Å². The average Bonchev–Trinajstić information content (AvgIpc) is 2.19. The highest BCUT2D eigenvalue weighted by molar-refractivity contribution is 5.84. The zero-order valence-corrected chi connectivity index (χ0v) is 9.31. The Labute approximate surface area is 90.9 Å². The van der Waals surface area contributed by atoms with Gasteiger partial charge in [-0.1, -0.05) is 43.7 Å². The summed E-state index contributed by atoms with van der Waals surface area (Å²) in [5.41, 5.74) is 0.908. The molecule has 1 N–H and O–H groups in total. The highest BCUT2D eigenvalue weighted by atomic mass is 16.3. The third-order valence-corrected chi connectivity index (χ3v) is 2.57. The van der Waals surface area contributed by atoms with Crippen LogP contribution in [0.1, 0.15) is 38.2 Å². The molecule has 0 saturated carbocycles. The van der Waals surface area contributed by atoms with Gasteiger partial charge in [-0.15, -0.1) is 0 Å². The molecule has 82 valence electrons. The minimum absolute atomic E-state index is 0.0298. The van der Waals surface area contributed by atoms with Crippen molar-refractivity contribution in [2.75, 3.05) is 0 Å². The number of ketones is 1. The minimum Gasteiger partial charge on any atom is -0.392 e. The number of hydrogen-bond acceptors (Lipinski definition) is 2. The highest BCUT2D eigenvalue weighted by Crippen LogP contribution is 2.23. The quantitative estimate of drug-likeness (QED) is 0.803. The van der Waals surface area contributed by atoms with E-state index in [1.807, 2.05) is 37.3 Å². The third-order valence-electron chi connectivity index (χ3n) is 2.57. The summed E-state index contributed by atoms with van der Waals surface area (Å²) in [4.78, 5) is 11.5. The molecule has 1 rings (SSSR count). The van der Waals surface area contributed by atoms with E-state index in [4.69, 9.17) is 0 Å². The van der Waals surface area contributed by atoms with Gasteiger partial charge >= 0.3 is 0 Å². The standard InChI is InChI=1S/C13H18O2/c1-3-7-12(15)13(10(2)14)11-8-5-4-6-9-11/h4-6,8-9,12-13,15H,3,7H2,1-2H3. The Morgan fingerprint density at radius 2 is 1.93 bits per heavy atom. The van der Waals surface area contributed by atoms with Crippen LogP contribution in [-0.4, -0.2) is 17.0 Å². The lowest BCUT2D eigenvalue weighted by molar-refractivity contribution is -0.120. The van der Waals surface area contributed by atoms with Crippen molar-refractivity contribution in [1.82, 2.24) is 0 Å². The Morgan fingerprint density at radius 1 is 1.33 bits per heavy atom. The van der Waals surface area contributed by atoms with E-state index in [9.17, 15) is 9.90 Å². The lowest BCUT2D eigenvalue weighted by Crippen LogP contribution is -2.24. The lowest BCUT2D eigenvalue weighted by Gasteiger charge is -2.20. The first-order valence-electron chi connectivity index (χ1n) is 5.40. The molecule has 2 atom stereocenters. The molecule has 0 aliphatic heterocycles. The number of carbonyl (C=O) groups is 1. The first kappa shape index (κ1) is 11.9. The second-order valence-electron chi connectivity index (χ2n) is 3.86. The number of hydrogen-bond donors (Lipinski definition) is 1. The third kappa shape index (κ3) is 3.17. The summed E-state index contributed by atoms with van der Waals surface area (Å²) in [6.45, 7) is 3.54. The summed E-state index contributed by atoms with van der Waals surface area (Å²) in [6.07, 6.45) is 0.992. The second-order valence-corrected chi connectivity index (χ2v) is 3.86. The van der Waals surface area contributed by atoms with Gasteiger partial charge in [0.25, 0.3) is 0 Å². The number of rotatable bonds is 5. The van der Waals surface area contributed by atoms with Gasteiger partial charge in [0.05, 0.1) is 12.0 Å². The first-order chi connectivity index (χ1) is 7.16. The number of aliphatic hydroxyl groups excluding tert-OH is 1. The molecule has 0 aliphatic rings. The molecule has 0 radical (unpaired) electrons. The molecule has 1 aromatic rings. The van der Waals surface area contributed by atoms with Gasteiger partial charge in [0.2, 0.25) is 0 Å². The molecule has 2 nitrogen and oxygen atoms in total. The molecule has 0 aromatic heterocycles. The Hall–Kier alpha value is -1.15. The summed E-state index contributed by atoms with van der Waals surface area (Å²) in [6, 6.07) is 9.48. The topological polar surface area (TPSA) is 37.3 Å². The van der Waals surface area contributed by atoms with Crippen molar-refractivity contribution >= 4 is 5.78 Å². The van der Waals surface area contributed by atoms with Gasteiger partial charge in [-0.2, -0.15) is 0 Å². The SMILES string of the molecule is CCCC(O)C(C(C)=O)c1ccccc1. The molecule has 0 spiro atoms. The van der Waals surface area contributed by atoms with Gasteiger partial charge in [-0.05, 0) is 18.9 Å². The largest absolute Gasteiger partial charge is 0.392 e. The molecule has 2 heteroatoms. The summed E-state index contributed by atoms with van der Waals surface area (Å²) in [5.74, 6) is -0.340. The molecule has 0 aliphatic carbocycles. The van der Waals surface area contributed by atoms with Gasteiger partial charge < -0.3 is 5.11 Å². The maximum absolute atomic E-state index is 11.5. The van der Waals surface area contributed by atoms with Crippen molar-refractivity contribution in [1.29, 1.82) is 0 Å². The van der Waals surface area contributed by atoms with Gasteiger partial charge in [0.15, 0.2) is 0 Å². The van der Waals surface area contributed by atoms with Crippen molar-refractivity contribution < 1.29 is 9.90 Å². The smallest absolute Gasteiger partial charge is 0.139 e. The van der Waals surface area contributed by atoms with Crippen molar-refractivity contribution in [2.24, 2.45) is 0 Å². The predicted molar refractivity (Wildman–Crippen MR) is 60.8 cm³/mol. The first-order valence-corrected chi connectivity index (χ1v) is 5.40. The van der Waals surface area contributed by atoms with Crippen LogP contribution in [0.5, 0.6) is 0 Å². The molecule has 0 amide bonds. The van der Waals surface area contributed by atoms with Crippen molar-refractivity contribution in [2.45, 2.75) is 38.7 Å². The molecule has 0 fully saturated rings. The second kappa shape index (κ2) is 5.66. The maximum Gasteiger partial charge on any atom is 0.139 e. The summed E-state index contributed by atoms with van der Waals surface area (Å²) >= 11 is 0. The van der Waals surface area contributed by atoms with Crippen LogP contribution >= 0.6 is 0 Å². The van der Waals surface area contributed by atoms with Gasteiger partial charge in [0, 0.05) is 0 Å². The van der Waals surface area contributed by atoms with E-state index in [1.165, 1.54) is 6.92 Å². The van der Waals surface area contributed by atoms with Crippen LogP contribution in [0.2, 0.25) is 0 Å². The minimum atomic E-state index is -0.560. The van der Waals surface area contributed by atoms with Crippen LogP contribution < -0.4 is 0 Å². The molecule has 2 unspecified atom stereocenters. The van der Waals surface area contributed by atoms with E-state index in [0.29, 0.717) is 6.42 Å². The van der Waals surface area contributed by atoms with E-state index in [-0.39, 0.29) is 11.7 Å². The molecule has 0 saturated heterocycles. The molecular weight excluding hydrogens is 188 g/mol. The Bertz CT molecular complexity index is 306. The maximum atomic E-state index is 11.5. The molecule has 0 bridgehead atoms. The predicted octanol–water partition coefficient (Wildman–Crippen LogP) is 2.52. The van der Waals surface area contributed by atoms with Gasteiger partial charge in [-0.25, -0.2) is 0 Å². The number of aliphatic hydroxyl groups is 1. The summed E-state index contributed by atoms with van der Waals surface area (Å²) in [7, 11) is 0. The van der Waals surface area contributed by atoms with E-state index in [2.05, 4.69) is 0 Å². The summed E-state index contributed by atoms with van der Waals surface area (Å²) in [5, 5.41) is 9.91. The zero-order valence-electron chi connectivity index (χ0n) is 9.31. The van der Waals surface area contributed by atoms with Crippen LogP contribution in [-0.2, 0) is 4.79 Å². The van der Waals surface area contributed by atoms with Crippen LogP contribution in [0.25, 0.3) is 0 Å². The van der Waals surface area contributed by atoms with Gasteiger partial charge in [0.1, 0.15) is 5.78 Å². The van der Waals surface area contributed by atoms with Crippen LogP contribution in [0.15, 0.2) is 30.3 Å². The van der Waals surface area contributed by atoms with E-state index >= 15 is 0 Å². The van der Waals surface area contributed by atoms with E-state index in [0.717, 1.165) is 12.0 Å². The Morgan fingerprint density at radius 3 is 2.40 bits per heavy atom. The fourth-order valence-electron chi connectivity index (χ4n) is 1.85. The number of Topliss-reactive ketones (excluding diaryl/α,β-unsaturated/α-hetero) is 1. The fourth-order valence-corrected chi connectivity index (χ4v) is 1.85. The Balaban J connectivity index is 2.88. The van der Waals surface area contributed by atoms with Crippen molar-refractivity contribution in [3.8, 4) is 0 Å². The zero-order chi connectivity index (χ0) is 11.3. The Kier molecular flexibility index (Phi) is 4.50. The molecule has 1 aromatic carbocycles. The monoisotopic (exact) mass is 206 g/mol. The lowest BCUT2D eigenvalue weighted by atomic mass is 9.88. The molecule has 0 heterocycles. The van der Waals surface area contributed by atoms with Crippen LogP contribution in [0.3, 0.4) is 0 Å². The van der Waals surface area contributed by atoms with E-state index < -0.39 is 6.10 Å². The summed E-state index contributed by atoms with van der Waals surface area (Å²) < 4.78 is 0. The fraction of sp³-hybridized carbons (Fsp3) is 0.462. The molecular formula is C13H18O2. The van der Waals surface area contributed by atoms with E-state index in [1.54, 1.807) is 0 Å².